The van der Waals surface area contributed by atoms with Gasteiger partial charge in [-0.15, -0.1) is 0 Å². The van der Waals surface area contributed by atoms with Crippen LogP contribution in [0.5, 0.6) is 5.75 Å². The van der Waals surface area contributed by atoms with E-state index in [4.69, 9.17) is 9.47 Å². The fourth-order valence-corrected chi connectivity index (χ4v) is 3.14. The van der Waals surface area contributed by atoms with E-state index < -0.39 is 5.60 Å². The van der Waals surface area contributed by atoms with E-state index in [9.17, 15) is 9.90 Å². The Morgan fingerprint density at radius 2 is 2.00 bits per heavy atom. The van der Waals surface area contributed by atoms with Crippen molar-refractivity contribution in [2.45, 2.75) is 25.6 Å². The third kappa shape index (κ3) is 4.42. The molecule has 3 rings (SSSR count). The molecule has 1 N–H and O–H groups in total. The zero-order valence-corrected chi connectivity index (χ0v) is 15.3. The molecule has 0 aliphatic carbocycles. The third-order valence-corrected chi connectivity index (χ3v) is 4.63. The maximum absolute atomic E-state index is 12.7. The molecule has 1 heterocycles. The van der Waals surface area contributed by atoms with Crippen LogP contribution in [0, 0.1) is 6.92 Å². The van der Waals surface area contributed by atoms with Crippen molar-refractivity contribution in [3.05, 3.63) is 65.2 Å². The molecular weight excluding hydrogens is 330 g/mol. The maximum atomic E-state index is 12.7. The molecule has 26 heavy (non-hydrogen) atoms. The number of hydrogen-bond donors (Lipinski definition) is 1. The maximum Gasteiger partial charge on any atom is 0.253 e. The van der Waals surface area contributed by atoms with Crippen LogP contribution in [0.3, 0.4) is 0 Å². The molecular formula is C21H25NO4. The second kappa shape index (κ2) is 7.89. The fraction of sp³-hybridized carbons (Fsp3) is 0.381. The number of β-amino-alcohol motifs (C(OH)–C–C–N with tert-alkyl or cyclic N) is 1. The van der Waals surface area contributed by atoms with E-state index in [1.807, 2.05) is 49.4 Å². The van der Waals surface area contributed by atoms with E-state index in [-0.39, 0.29) is 19.1 Å². The van der Waals surface area contributed by atoms with Gasteiger partial charge in [-0.1, -0.05) is 29.8 Å². The minimum Gasteiger partial charge on any atom is -0.491 e. The molecule has 1 fully saturated rings. The molecule has 0 bridgehead atoms. The first-order valence-corrected chi connectivity index (χ1v) is 8.78. The molecule has 1 atom stereocenters. The first-order valence-electron chi connectivity index (χ1n) is 8.78. The monoisotopic (exact) mass is 355 g/mol. The Morgan fingerprint density at radius 3 is 2.73 bits per heavy atom. The first-order chi connectivity index (χ1) is 12.5. The topological polar surface area (TPSA) is 59.0 Å². The highest BCUT2D eigenvalue weighted by Crippen LogP contribution is 2.25. The molecule has 0 saturated carbocycles. The molecule has 1 saturated heterocycles. The Balaban J connectivity index is 1.60. The van der Waals surface area contributed by atoms with Crippen LogP contribution in [0.25, 0.3) is 0 Å². The number of carbonyl (C=O) groups is 1. The van der Waals surface area contributed by atoms with Gasteiger partial charge in [-0.25, -0.2) is 0 Å². The van der Waals surface area contributed by atoms with Crippen molar-refractivity contribution in [3.8, 4) is 5.75 Å². The Morgan fingerprint density at radius 1 is 1.23 bits per heavy atom. The summed E-state index contributed by atoms with van der Waals surface area (Å²) < 4.78 is 10.8. The predicted octanol–water partition coefficient (Wildman–Crippen LogP) is 2.80. The number of hydrogen-bond acceptors (Lipinski definition) is 4. The highest BCUT2D eigenvalue weighted by atomic mass is 16.5. The average molecular weight is 355 g/mol. The quantitative estimate of drug-likeness (QED) is 0.866. The molecule has 5 nitrogen and oxygen atoms in total. The number of likely N-dealkylation sites (tertiary alicyclic amines) is 1. The molecule has 0 spiro atoms. The highest BCUT2D eigenvalue weighted by Gasteiger charge is 2.39. The number of aliphatic hydroxyl groups is 1. The Kier molecular flexibility index (Phi) is 5.59. The van der Waals surface area contributed by atoms with Crippen molar-refractivity contribution in [2.75, 3.05) is 26.8 Å². The van der Waals surface area contributed by atoms with E-state index in [0.717, 1.165) is 16.9 Å². The zero-order valence-electron chi connectivity index (χ0n) is 15.3. The smallest absolute Gasteiger partial charge is 0.253 e. The fourth-order valence-electron chi connectivity index (χ4n) is 3.14. The predicted molar refractivity (Wildman–Crippen MR) is 99.3 cm³/mol. The van der Waals surface area contributed by atoms with Gasteiger partial charge in [-0.2, -0.15) is 0 Å². The van der Waals surface area contributed by atoms with Crippen LogP contribution in [-0.2, 0) is 11.3 Å². The van der Waals surface area contributed by atoms with Crippen LogP contribution in [0.15, 0.2) is 48.5 Å². The SMILES string of the molecule is COCc1cccc(C(=O)N2CCC(O)(COc3ccc(C)cc3)C2)c1. The summed E-state index contributed by atoms with van der Waals surface area (Å²) in [5.74, 6) is 0.648. The number of rotatable bonds is 6. The van der Waals surface area contributed by atoms with Crippen molar-refractivity contribution in [2.24, 2.45) is 0 Å². The van der Waals surface area contributed by atoms with Gasteiger partial charge in [-0.3, -0.25) is 4.79 Å². The van der Waals surface area contributed by atoms with Crippen LogP contribution < -0.4 is 4.74 Å². The van der Waals surface area contributed by atoms with Gasteiger partial charge < -0.3 is 19.5 Å². The summed E-state index contributed by atoms with van der Waals surface area (Å²) in [7, 11) is 1.63. The Bertz CT molecular complexity index is 759. The number of amides is 1. The molecule has 0 aromatic heterocycles. The lowest BCUT2D eigenvalue weighted by Gasteiger charge is -2.24. The van der Waals surface area contributed by atoms with Gasteiger partial charge in [0.2, 0.25) is 0 Å². The van der Waals surface area contributed by atoms with Crippen LogP contribution in [0.4, 0.5) is 0 Å². The lowest BCUT2D eigenvalue weighted by molar-refractivity contribution is 0.00430. The van der Waals surface area contributed by atoms with E-state index in [1.165, 1.54) is 0 Å². The summed E-state index contributed by atoms with van der Waals surface area (Å²) in [5, 5.41) is 10.8. The van der Waals surface area contributed by atoms with Crippen LogP contribution in [0.1, 0.15) is 27.9 Å². The summed E-state index contributed by atoms with van der Waals surface area (Å²) in [6, 6.07) is 15.1. The molecule has 1 unspecified atom stereocenters. The van der Waals surface area contributed by atoms with Crippen molar-refractivity contribution in [3.63, 3.8) is 0 Å². The molecule has 0 radical (unpaired) electrons. The van der Waals surface area contributed by atoms with Gasteiger partial charge in [0, 0.05) is 19.2 Å². The number of aryl methyl sites for hydroxylation is 1. The Hall–Kier alpha value is -2.37. The zero-order chi connectivity index (χ0) is 18.6. The summed E-state index contributed by atoms with van der Waals surface area (Å²) >= 11 is 0. The molecule has 1 aliphatic heterocycles. The van der Waals surface area contributed by atoms with Crippen LogP contribution in [-0.4, -0.2) is 48.3 Å². The van der Waals surface area contributed by atoms with Gasteiger partial charge in [0.25, 0.3) is 5.91 Å². The van der Waals surface area contributed by atoms with Crippen molar-refractivity contribution in [1.29, 1.82) is 0 Å². The van der Waals surface area contributed by atoms with Crippen molar-refractivity contribution in [1.82, 2.24) is 4.90 Å². The standard InChI is InChI=1S/C21H25NO4/c1-16-6-8-19(9-7-16)26-15-21(24)10-11-22(14-21)20(23)18-5-3-4-17(12-18)13-25-2/h3-9,12,24H,10-11,13-15H2,1-2H3. The van der Waals surface area contributed by atoms with Crippen LogP contribution >= 0.6 is 0 Å². The third-order valence-electron chi connectivity index (χ3n) is 4.63. The molecule has 138 valence electrons. The second-order valence-electron chi connectivity index (χ2n) is 6.94. The average Bonchev–Trinajstić information content (AvgIpc) is 3.04. The molecule has 5 heteroatoms. The highest BCUT2D eigenvalue weighted by molar-refractivity contribution is 5.94. The lowest BCUT2D eigenvalue weighted by atomic mass is 10.1. The summed E-state index contributed by atoms with van der Waals surface area (Å²) in [4.78, 5) is 14.4. The van der Waals surface area contributed by atoms with Gasteiger partial charge >= 0.3 is 0 Å². The number of carbonyl (C=O) groups excluding carboxylic acids is 1. The normalized spacial score (nSPS) is 19.6. The minimum absolute atomic E-state index is 0.0748. The van der Waals surface area contributed by atoms with E-state index in [2.05, 4.69) is 0 Å². The molecule has 2 aromatic carbocycles. The van der Waals surface area contributed by atoms with E-state index in [0.29, 0.717) is 25.1 Å². The van der Waals surface area contributed by atoms with Crippen LogP contribution in [0.2, 0.25) is 0 Å². The minimum atomic E-state index is -1.02. The van der Waals surface area contributed by atoms with E-state index in [1.54, 1.807) is 18.1 Å². The van der Waals surface area contributed by atoms with Gasteiger partial charge in [-0.05, 0) is 43.2 Å². The number of nitrogens with zero attached hydrogens (tertiary/aromatic N) is 1. The van der Waals surface area contributed by atoms with Crippen molar-refractivity contribution < 1.29 is 19.4 Å². The van der Waals surface area contributed by atoms with Gasteiger partial charge in [0.05, 0.1) is 13.2 Å². The first kappa shape index (κ1) is 18.4. The van der Waals surface area contributed by atoms with Gasteiger partial charge in [0.15, 0.2) is 0 Å². The molecule has 1 amide bonds. The molecule has 1 aliphatic rings. The lowest BCUT2D eigenvalue weighted by Crippen LogP contribution is -2.40. The summed E-state index contributed by atoms with van der Waals surface area (Å²) in [6.45, 7) is 3.44. The largest absolute Gasteiger partial charge is 0.491 e. The summed E-state index contributed by atoms with van der Waals surface area (Å²) in [5.41, 5.74) is 1.70. The molecule has 2 aromatic rings. The number of methoxy groups -OCH3 is 1. The van der Waals surface area contributed by atoms with Crippen molar-refractivity contribution >= 4 is 5.91 Å². The second-order valence-corrected chi connectivity index (χ2v) is 6.94. The van der Waals surface area contributed by atoms with E-state index >= 15 is 0 Å². The van der Waals surface area contributed by atoms with Gasteiger partial charge in [0.1, 0.15) is 18.0 Å². The number of ether oxygens (including phenoxy) is 2. The summed E-state index contributed by atoms with van der Waals surface area (Å²) in [6.07, 6.45) is 0.502. The number of benzene rings is 2. The Labute approximate surface area is 154 Å².